The maximum absolute atomic E-state index is 14.0. The highest BCUT2D eigenvalue weighted by molar-refractivity contribution is 6.30. The number of hydrogen-bond acceptors (Lipinski definition) is 3. The maximum atomic E-state index is 14.0. The van der Waals surface area contributed by atoms with Gasteiger partial charge in [-0.2, -0.15) is 0 Å². The average molecular weight is 414 g/mol. The molecule has 0 saturated heterocycles. The molecule has 1 aromatic heterocycles. The maximum Gasteiger partial charge on any atom is 0.229 e. The molecule has 1 amide bonds. The molecule has 1 aliphatic rings. The smallest absolute Gasteiger partial charge is 0.229 e. The predicted octanol–water partition coefficient (Wildman–Crippen LogP) is 5.58. The normalized spacial score (nSPS) is 18.6. The van der Waals surface area contributed by atoms with E-state index in [1.54, 1.807) is 37.4 Å². The van der Waals surface area contributed by atoms with Crippen molar-refractivity contribution in [3.63, 3.8) is 0 Å². The van der Waals surface area contributed by atoms with Crippen molar-refractivity contribution in [2.75, 3.05) is 5.32 Å². The van der Waals surface area contributed by atoms with Gasteiger partial charge in [0.05, 0.1) is 24.0 Å². The van der Waals surface area contributed by atoms with E-state index in [1.807, 2.05) is 18.2 Å². The Morgan fingerprint density at radius 1 is 1.31 bits per heavy atom. The molecule has 0 fully saturated rings. The van der Waals surface area contributed by atoms with Crippen molar-refractivity contribution >= 4 is 28.9 Å². The van der Waals surface area contributed by atoms with Gasteiger partial charge in [-0.25, -0.2) is 14.4 Å². The summed E-state index contributed by atoms with van der Waals surface area (Å²) in [5.74, 6) is 0.651. The number of nitrogens with zero attached hydrogens (tertiary/aromatic N) is 2. The lowest BCUT2D eigenvalue weighted by atomic mass is 9.94. The lowest BCUT2D eigenvalue weighted by Crippen LogP contribution is -2.19. The summed E-state index contributed by atoms with van der Waals surface area (Å²) in [5.41, 5.74) is 1.80. The molecule has 0 spiro atoms. The number of alkyl halides is 1. The first-order valence-electron chi connectivity index (χ1n) is 9.71. The third-order valence-electron chi connectivity index (χ3n) is 4.61. The zero-order valence-electron chi connectivity index (χ0n) is 16.9. The number of aromatic nitrogens is 2. The molecule has 2 aromatic rings. The second-order valence-electron chi connectivity index (χ2n) is 7.97. The molecule has 0 aliphatic heterocycles. The van der Waals surface area contributed by atoms with Crippen LogP contribution < -0.4 is 5.32 Å². The van der Waals surface area contributed by atoms with Crippen molar-refractivity contribution < 1.29 is 9.18 Å². The number of carbonyl (C=O) groups excluding carboxylic acids is 1. The lowest BCUT2D eigenvalue weighted by Gasteiger charge is -2.19. The Kier molecular flexibility index (Phi) is 6.48. The van der Waals surface area contributed by atoms with Crippen LogP contribution in [0.2, 0.25) is 5.02 Å². The van der Waals surface area contributed by atoms with E-state index in [0.717, 1.165) is 16.8 Å². The number of rotatable bonds is 6. The third-order valence-corrected chi connectivity index (χ3v) is 4.86. The number of hydrogen-bond donors (Lipinski definition) is 1. The fourth-order valence-electron chi connectivity index (χ4n) is 3.06. The van der Waals surface area contributed by atoms with E-state index in [-0.39, 0.29) is 12.3 Å². The first-order valence-corrected chi connectivity index (χ1v) is 10.1. The molecule has 1 heterocycles. The number of nitrogens with one attached hydrogen (secondary N) is 1. The number of halogens is 2. The molecule has 1 aromatic carbocycles. The Bertz CT molecular complexity index is 949. The summed E-state index contributed by atoms with van der Waals surface area (Å²) in [7, 11) is 0. The van der Waals surface area contributed by atoms with Gasteiger partial charge in [-0.15, -0.1) is 0 Å². The first kappa shape index (κ1) is 21.2. The largest absolute Gasteiger partial charge is 0.309 e. The highest BCUT2D eigenvalue weighted by atomic mass is 35.5. The van der Waals surface area contributed by atoms with Crippen LogP contribution in [0.15, 0.2) is 48.7 Å². The molecule has 0 radical (unpaired) electrons. The van der Waals surface area contributed by atoms with Crippen LogP contribution in [0.25, 0.3) is 5.57 Å². The van der Waals surface area contributed by atoms with E-state index >= 15 is 0 Å². The summed E-state index contributed by atoms with van der Waals surface area (Å²) >= 11 is 5.89. The summed E-state index contributed by atoms with van der Waals surface area (Å²) in [6.07, 6.45) is 7.96. The second-order valence-corrected chi connectivity index (χ2v) is 8.41. The average Bonchev–Trinajstić information content (AvgIpc) is 2.65. The van der Waals surface area contributed by atoms with Gasteiger partial charge in [-0.3, -0.25) is 4.79 Å². The Hall–Kier alpha value is -2.53. The molecule has 1 aliphatic carbocycles. The van der Waals surface area contributed by atoms with Crippen LogP contribution in [0.3, 0.4) is 0 Å². The SMILES string of the molecule is CC(C)Cc1nc(C2=CCC(C)(F)C=C2)cnc1NC(=O)Cc1ccc(Cl)cc1. The summed E-state index contributed by atoms with van der Waals surface area (Å²) in [5, 5.41) is 3.51. The van der Waals surface area contributed by atoms with E-state index in [0.29, 0.717) is 35.3 Å². The molecule has 0 bridgehead atoms. The van der Waals surface area contributed by atoms with Crippen molar-refractivity contribution in [1.29, 1.82) is 0 Å². The Balaban J connectivity index is 1.79. The van der Waals surface area contributed by atoms with Gasteiger partial charge in [0.2, 0.25) is 5.91 Å². The minimum atomic E-state index is -1.33. The third kappa shape index (κ3) is 5.97. The first-order chi connectivity index (χ1) is 13.7. The molecule has 6 heteroatoms. The number of amides is 1. The van der Waals surface area contributed by atoms with Gasteiger partial charge < -0.3 is 5.32 Å². The highest BCUT2D eigenvalue weighted by Crippen LogP contribution is 2.29. The van der Waals surface area contributed by atoms with Crippen molar-refractivity contribution in [3.05, 3.63) is 70.7 Å². The van der Waals surface area contributed by atoms with Gasteiger partial charge in [-0.1, -0.05) is 49.7 Å². The van der Waals surface area contributed by atoms with Crippen LogP contribution in [0.5, 0.6) is 0 Å². The molecule has 1 atom stereocenters. The molecule has 1 unspecified atom stereocenters. The molecule has 0 saturated carbocycles. The van der Waals surface area contributed by atoms with Gasteiger partial charge in [0.25, 0.3) is 0 Å². The molecule has 1 N–H and O–H groups in total. The van der Waals surface area contributed by atoms with Gasteiger partial charge in [0, 0.05) is 11.4 Å². The van der Waals surface area contributed by atoms with Crippen LogP contribution in [-0.4, -0.2) is 21.5 Å². The quantitative estimate of drug-likeness (QED) is 0.672. The Morgan fingerprint density at radius 3 is 2.66 bits per heavy atom. The minimum Gasteiger partial charge on any atom is -0.309 e. The van der Waals surface area contributed by atoms with Crippen molar-refractivity contribution in [2.45, 2.75) is 45.7 Å². The fourth-order valence-corrected chi connectivity index (χ4v) is 3.19. The molecule has 3 rings (SSSR count). The van der Waals surface area contributed by atoms with Crippen LogP contribution in [0, 0.1) is 5.92 Å². The zero-order chi connectivity index (χ0) is 21.0. The minimum absolute atomic E-state index is 0.163. The van der Waals surface area contributed by atoms with Crippen LogP contribution in [-0.2, 0) is 17.6 Å². The number of allylic oxidation sites excluding steroid dienone is 4. The number of benzene rings is 1. The molecule has 29 heavy (non-hydrogen) atoms. The van der Waals surface area contributed by atoms with E-state index in [1.165, 1.54) is 0 Å². The van der Waals surface area contributed by atoms with Crippen LogP contribution in [0.4, 0.5) is 10.2 Å². The second kappa shape index (κ2) is 8.87. The number of anilines is 1. The van der Waals surface area contributed by atoms with E-state index in [9.17, 15) is 9.18 Å². The van der Waals surface area contributed by atoms with Crippen molar-refractivity contribution in [3.8, 4) is 0 Å². The van der Waals surface area contributed by atoms with Gasteiger partial charge in [0.1, 0.15) is 5.67 Å². The van der Waals surface area contributed by atoms with Gasteiger partial charge in [0.15, 0.2) is 5.82 Å². The van der Waals surface area contributed by atoms with E-state index in [2.05, 4.69) is 24.1 Å². The van der Waals surface area contributed by atoms with Crippen LogP contribution >= 0.6 is 11.6 Å². The molecular weight excluding hydrogens is 389 g/mol. The Morgan fingerprint density at radius 2 is 2.03 bits per heavy atom. The molecule has 152 valence electrons. The summed E-state index contributed by atoms with van der Waals surface area (Å²) < 4.78 is 14.0. The summed E-state index contributed by atoms with van der Waals surface area (Å²) in [6, 6.07) is 7.17. The van der Waals surface area contributed by atoms with E-state index < -0.39 is 5.67 Å². The fraction of sp³-hybridized carbons (Fsp3) is 0.348. The van der Waals surface area contributed by atoms with Crippen molar-refractivity contribution in [2.24, 2.45) is 5.92 Å². The highest BCUT2D eigenvalue weighted by Gasteiger charge is 2.22. The zero-order valence-corrected chi connectivity index (χ0v) is 17.6. The lowest BCUT2D eigenvalue weighted by molar-refractivity contribution is -0.115. The topological polar surface area (TPSA) is 54.9 Å². The molecule has 4 nitrogen and oxygen atoms in total. The summed E-state index contributed by atoms with van der Waals surface area (Å²) in [4.78, 5) is 21.7. The van der Waals surface area contributed by atoms with E-state index in [4.69, 9.17) is 16.6 Å². The van der Waals surface area contributed by atoms with Crippen LogP contribution in [0.1, 0.15) is 44.1 Å². The monoisotopic (exact) mass is 413 g/mol. The standard InChI is InChI=1S/C23H25ClFN3O/c1-15(2)12-19-22(28-21(29)13-16-4-6-18(24)7-5-16)26-14-20(27-19)17-8-10-23(3,25)11-9-17/h4-10,14-15H,11-13H2,1-3H3,(H,26,28,29). The number of carbonyl (C=O) groups is 1. The summed E-state index contributed by atoms with van der Waals surface area (Å²) in [6.45, 7) is 5.72. The van der Waals surface area contributed by atoms with Gasteiger partial charge >= 0.3 is 0 Å². The molecular formula is C23H25ClFN3O. The van der Waals surface area contributed by atoms with Gasteiger partial charge in [-0.05, 0) is 48.6 Å². The predicted molar refractivity (Wildman–Crippen MR) is 116 cm³/mol. The Labute approximate surface area is 175 Å². The van der Waals surface area contributed by atoms with Crippen molar-refractivity contribution in [1.82, 2.24) is 9.97 Å².